The molecule has 0 spiro atoms. The van der Waals surface area contributed by atoms with E-state index in [1.807, 2.05) is 29.8 Å². The van der Waals surface area contributed by atoms with E-state index in [4.69, 9.17) is 0 Å². The van der Waals surface area contributed by atoms with Gasteiger partial charge in [0, 0.05) is 24.0 Å². The minimum atomic E-state index is -0.166. The molecule has 0 bridgehead atoms. The minimum absolute atomic E-state index is 0.0670. The Morgan fingerprint density at radius 2 is 2.05 bits per heavy atom. The third-order valence-corrected chi connectivity index (χ3v) is 4.13. The molecule has 0 saturated heterocycles. The van der Waals surface area contributed by atoms with Crippen LogP contribution in [0.25, 0.3) is 0 Å². The van der Waals surface area contributed by atoms with Crippen LogP contribution in [-0.2, 0) is 0 Å². The number of nitrogens with one attached hydrogen (secondary N) is 1. The average molecular weight is 273 g/mol. The van der Waals surface area contributed by atoms with Crippen LogP contribution >= 0.6 is 0 Å². The Morgan fingerprint density at radius 3 is 2.80 bits per heavy atom. The maximum absolute atomic E-state index is 13.9. The van der Waals surface area contributed by atoms with Crippen LogP contribution in [0.1, 0.15) is 44.2 Å². The summed E-state index contributed by atoms with van der Waals surface area (Å²) in [5, 5.41) is 3.49. The molecule has 106 valence electrons. The number of aromatic nitrogens is 2. The molecule has 1 aliphatic carbocycles. The van der Waals surface area contributed by atoms with E-state index in [2.05, 4.69) is 10.3 Å². The van der Waals surface area contributed by atoms with Crippen molar-refractivity contribution >= 4 is 5.95 Å². The predicted octanol–water partition coefficient (Wildman–Crippen LogP) is 3.99. The SMILES string of the molecule is CC(c1ccccc1F)n1ccnc1NC1CCCC1. The second-order valence-corrected chi connectivity index (χ2v) is 5.48. The van der Waals surface area contributed by atoms with Crippen molar-refractivity contribution < 1.29 is 4.39 Å². The van der Waals surface area contributed by atoms with Crippen LogP contribution in [0.3, 0.4) is 0 Å². The van der Waals surface area contributed by atoms with Gasteiger partial charge < -0.3 is 9.88 Å². The summed E-state index contributed by atoms with van der Waals surface area (Å²) in [5.41, 5.74) is 0.694. The number of hydrogen-bond donors (Lipinski definition) is 1. The summed E-state index contributed by atoms with van der Waals surface area (Å²) < 4.78 is 15.9. The standard InChI is InChI=1S/C16H20FN3/c1-12(14-8-4-5-9-15(14)17)20-11-10-18-16(20)19-13-6-2-3-7-13/h4-5,8-13H,2-3,6-7H2,1H3,(H,18,19). The van der Waals surface area contributed by atoms with E-state index in [1.165, 1.54) is 31.7 Å². The fourth-order valence-electron chi connectivity index (χ4n) is 2.95. The summed E-state index contributed by atoms with van der Waals surface area (Å²) in [7, 11) is 0. The van der Waals surface area contributed by atoms with Crippen molar-refractivity contribution in [1.29, 1.82) is 0 Å². The zero-order valence-corrected chi connectivity index (χ0v) is 11.7. The molecule has 1 fully saturated rings. The fourth-order valence-corrected chi connectivity index (χ4v) is 2.95. The van der Waals surface area contributed by atoms with Crippen molar-refractivity contribution in [1.82, 2.24) is 9.55 Å². The molecule has 1 saturated carbocycles. The lowest BCUT2D eigenvalue weighted by Gasteiger charge is -2.20. The molecule has 20 heavy (non-hydrogen) atoms. The summed E-state index contributed by atoms with van der Waals surface area (Å²) in [4.78, 5) is 4.39. The lowest BCUT2D eigenvalue weighted by Crippen LogP contribution is -2.20. The summed E-state index contributed by atoms with van der Waals surface area (Å²) in [5.74, 6) is 0.674. The number of benzene rings is 1. The number of anilines is 1. The van der Waals surface area contributed by atoms with E-state index < -0.39 is 0 Å². The van der Waals surface area contributed by atoms with E-state index >= 15 is 0 Å². The van der Waals surface area contributed by atoms with Crippen LogP contribution in [0.15, 0.2) is 36.7 Å². The van der Waals surface area contributed by atoms with Gasteiger partial charge in [0.1, 0.15) is 5.82 Å². The van der Waals surface area contributed by atoms with E-state index in [0.29, 0.717) is 11.6 Å². The second-order valence-electron chi connectivity index (χ2n) is 5.48. The van der Waals surface area contributed by atoms with Gasteiger partial charge in [0.15, 0.2) is 0 Å². The molecule has 3 nitrogen and oxygen atoms in total. The highest BCUT2D eigenvalue weighted by Crippen LogP contribution is 2.26. The highest BCUT2D eigenvalue weighted by Gasteiger charge is 2.19. The van der Waals surface area contributed by atoms with E-state index in [-0.39, 0.29) is 11.9 Å². The van der Waals surface area contributed by atoms with Crippen LogP contribution in [0.4, 0.5) is 10.3 Å². The topological polar surface area (TPSA) is 29.9 Å². The average Bonchev–Trinajstić information content (AvgIpc) is 3.11. The zero-order chi connectivity index (χ0) is 13.9. The Kier molecular flexibility index (Phi) is 3.72. The fraction of sp³-hybridized carbons (Fsp3) is 0.438. The van der Waals surface area contributed by atoms with Gasteiger partial charge in [0.2, 0.25) is 5.95 Å². The van der Waals surface area contributed by atoms with Crippen LogP contribution in [0, 0.1) is 5.82 Å². The Balaban J connectivity index is 1.83. The van der Waals surface area contributed by atoms with Gasteiger partial charge in [-0.3, -0.25) is 0 Å². The van der Waals surface area contributed by atoms with Crippen molar-refractivity contribution in [2.75, 3.05) is 5.32 Å². The molecule has 1 N–H and O–H groups in total. The first kappa shape index (κ1) is 13.2. The monoisotopic (exact) mass is 273 g/mol. The van der Waals surface area contributed by atoms with Gasteiger partial charge in [0.25, 0.3) is 0 Å². The van der Waals surface area contributed by atoms with Crippen molar-refractivity contribution in [2.24, 2.45) is 0 Å². The summed E-state index contributed by atoms with van der Waals surface area (Å²) in [6, 6.07) is 7.37. The Hall–Kier alpha value is -1.84. The van der Waals surface area contributed by atoms with Gasteiger partial charge in [-0.15, -0.1) is 0 Å². The molecule has 3 rings (SSSR count). The van der Waals surface area contributed by atoms with Crippen molar-refractivity contribution in [2.45, 2.75) is 44.7 Å². The van der Waals surface area contributed by atoms with Crippen molar-refractivity contribution in [3.63, 3.8) is 0 Å². The Labute approximate surface area is 118 Å². The molecule has 1 aromatic heterocycles. The summed E-state index contributed by atoms with van der Waals surface area (Å²) in [6.45, 7) is 2.00. The molecule has 1 heterocycles. The first-order valence-electron chi connectivity index (χ1n) is 7.29. The highest BCUT2D eigenvalue weighted by molar-refractivity contribution is 5.32. The lowest BCUT2D eigenvalue weighted by molar-refractivity contribution is 0.557. The minimum Gasteiger partial charge on any atom is -0.353 e. The number of hydrogen-bond acceptors (Lipinski definition) is 2. The van der Waals surface area contributed by atoms with E-state index in [9.17, 15) is 4.39 Å². The maximum Gasteiger partial charge on any atom is 0.203 e. The quantitative estimate of drug-likeness (QED) is 0.913. The normalized spacial score (nSPS) is 17.3. The van der Waals surface area contributed by atoms with Gasteiger partial charge in [0.05, 0.1) is 6.04 Å². The van der Waals surface area contributed by atoms with E-state index in [1.54, 1.807) is 12.3 Å². The second kappa shape index (κ2) is 5.65. The van der Waals surface area contributed by atoms with E-state index in [0.717, 1.165) is 5.95 Å². The van der Waals surface area contributed by atoms with Crippen molar-refractivity contribution in [3.05, 3.63) is 48.0 Å². The van der Waals surface area contributed by atoms with Gasteiger partial charge in [-0.25, -0.2) is 9.37 Å². The summed E-state index contributed by atoms with van der Waals surface area (Å²) in [6.07, 6.45) is 8.63. The zero-order valence-electron chi connectivity index (χ0n) is 11.7. The molecule has 1 aromatic carbocycles. The molecule has 1 atom stereocenters. The largest absolute Gasteiger partial charge is 0.353 e. The predicted molar refractivity (Wildman–Crippen MR) is 78.3 cm³/mol. The number of nitrogens with zero attached hydrogens (tertiary/aromatic N) is 2. The van der Waals surface area contributed by atoms with Crippen LogP contribution in [0.5, 0.6) is 0 Å². The highest BCUT2D eigenvalue weighted by atomic mass is 19.1. The number of rotatable bonds is 4. The van der Waals surface area contributed by atoms with Gasteiger partial charge in [-0.05, 0) is 25.8 Å². The molecule has 1 unspecified atom stereocenters. The molecule has 0 radical (unpaired) electrons. The maximum atomic E-state index is 13.9. The molecule has 0 aliphatic heterocycles. The molecular formula is C16H20FN3. The lowest BCUT2D eigenvalue weighted by atomic mass is 10.1. The molecule has 4 heteroatoms. The van der Waals surface area contributed by atoms with Crippen LogP contribution < -0.4 is 5.32 Å². The summed E-state index contributed by atoms with van der Waals surface area (Å²) >= 11 is 0. The number of halogens is 1. The first-order valence-corrected chi connectivity index (χ1v) is 7.29. The van der Waals surface area contributed by atoms with Crippen molar-refractivity contribution in [3.8, 4) is 0 Å². The third-order valence-electron chi connectivity index (χ3n) is 4.13. The Bertz CT molecular complexity index is 573. The van der Waals surface area contributed by atoms with Crippen LogP contribution in [-0.4, -0.2) is 15.6 Å². The molecule has 2 aromatic rings. The Morgan fingerprint density at radius 1 is 1.30 bits per heavy atom. The molecule has 1 aliphatic rings. The van der Waals surface area contributed by atoms with Gasteiger partial charge >= 0.3 is 0 Å². The van der Waals surface area contributed by atoms with Crippen LogP contribution in [0.2, 0.25) is 0 Å². The molecular weight excluding hydrogens is 253 g/mol. The first-order chi connectivity index (χ1) is 9.75. The van der Waals surface area contributed by atoms with Gasteiger partial charge in [-0.1, -0.05) is 31.0 Å². The third kappa shape index (κ3) is 2.55. The number of imidazole rings is 1. The van der Waals surface area contributed by atoms with Gasteiger partial charge in [-0.2, -0.15) is 0 Å². The molecule has 0 amide bonds. The smallest absolute Gasteiger partial charge is 0.203 e.